The third kappa shape index (κ3) is 4.71. The summed E-state index contributed by atoms with van der Waals surface area (Å²) < 4.78 is 5.29. The Morgan fingerprint density at radius 2 is 1.75 bits per heavy atom. The van der Waals surface area contributed by atoms with E-state index in [9.17, 15) is 4.79 Å². The van der Waals surface area contributed by atoms with E-state index in [1.807, 2.05) is 18.2 Å². The molecule has 0 saturated carbocycles. The van der Waals surface area contributed by atoms with Crippen LogP contribution in [0, 0.1) is 0 Å². The molecule has 4 heterocycles. The molecular formula is C22H26N8O2. The van der Waals surface area contributed by atoms with Crippen LogP contribution in [0.1, 0.15) is 0 Å². The molecule has 0 radical (unpaired) electrons. The summed E-state index contributed by atoms with van der Waals surface area (Å²) in [6.07, 6.45) is 1.72. The first-order chi connectivity index (χ1) is 15.7. The van der Waals surface area contributed by atoms with Gasteiger partial charge in [0.1, 0.15) is 5.82 Å². The van der Waals surface area contributed by atoms with Crippen LogP contribution in [-0.2, 0) is 4.74 Å². The number of hydrogen-bond acceptors (Lipinski definition) is 8. The monoisotopic (exact) mass is 434 g/mol. The maximum Gasteiger partial charge on any atom is 0.323 e. The van der Waals surface area contributed by atoms with Crippen LogP contribution in [0.25, 0.3) is 11.0 Å². The van der Waals surface area contributed by atoms with Crippen LogP contribution in [0.4, 0.5) is 27.9 Å². The number of amides is 2. The second-order valence-corrected chi connectivity index (χ2v) is 7.74. The number of aromatic nitrogens is 3. The number of anilines is 4. The first-order valence-corrected chi connectivity index (χ1v) is 10.8. The minimum atomic E-state index is -0.183. The van der Waals surface area contributed by atoms with Crippen molar-refractivity contribution >= 4 is 40.2 Å². The van der Waals surface area contributed by atoms with Gasteiger partial charge >= 0.3 is 6.03 Å². The molecule has 0 spiro atoms. The molecule has 5 rings (SSSR count). The lowest BCUT2D eigenvalue weighted by Crippen LogP contribution is -2.43. The summed E-state index contributed by atoms with van der Waals surface area (Å²) in [5, 5.41) is 10.2. The number of nitrogens with zero attached hydrogens (tertiary/aromatic N) is 5. The second-order valence-electron chi connectivity index (χ2n) is 7.74. The Kier molecular flexibility index (Phi) is 5.95. The number of urea groups is 1. The lowest BCUT2D eigenvalue weighted by Gasteiger charge is -2.29. The molecule has 2 aliphatic heterocycles. The van der Waals surface area contributed by atoms with Gasteiger partial charge in [0.25, 0.3) is 0 Å². The van der Waals surface area contributed by atoms with E-state index >= 15 is 0 Å². The highest BCUT2D eigenvalue weighted by Crippen LogP contribution is 2.21. The van der Waals surface area contributed by atoms with Gasteiger partial charge in [0.15, 0.2) is 5.65 Å². The van der Waals surface area contributed by atoms with Gasteiger partial charge < -0.3 is 25.2 Å². The molecule has 2 aromatic heterocycles. The minimum Gasteiger partial charge on any atom is -0.378 e. The van der Waals surface area contributed by atoms with Gasteiger partial charge in [-0.1, -0.05) is 0 Å². The van der Waals surface area contributed by atoms with Crippen molar-refractivity contribution in [3.05, 3.63) is 42.6 Å². The van der Waals surface area contributed by atoms with Crippen LogP contribution in [0.2, 0.25) is 0 Å². The van der Waals surface area contributed by atoms with E-state index in [-0.39, 0.29) is 6.03 Å². The molecule has 166 valence electrons. The fourth-order valence-corrected chi connectivity index (χ4v) is 3.80. The smallest absolute Gasteiger partial charge is 0.323 e. The number of carbonyl (C=O) groups excluding carboxylic acids is 1. The van der Waals surface area contributed by atoms with Gasteiger partial charge in [-0.05, 0) is 36.4 Å². The summed E-state index contributed by atoms with van der Waals surface area (Å²) in [6, 6.07) is 11.7. The number of nitrogens with one attached hydrogen (secondary N) is 3. The number of carbonyl (C=O) groups is 1. The van der Waals surface area contributed by atoms with E-state index in [4.69, 9.17) is 4.74 Å². The number of fused-ring (bicyclic) bond motifs is 1. The highest BCUT2D eigenvalue weighted by Gasteiger charge is 2.17. The first-order valence-electron chi connectivity index (χ1n) is 10.8. The number of rotatable bonds is 4. The fraction of sp³-hybridized carbons (Fsp3) is 0.364. The molecule has 0 aliphatic carbocycles. The molecule has 0 bridgehead atoms. The van der Waals surface area contributed by atoms with Crippen molar-refractivity contribution in [3.8, 4) is 0 Å². The molecule has 2 amide bonds. The summed E-state index contributed by atoms with van der Waals surface area (Å²) in [7, 11) is 0. The van der Waals surface area contributed by atoms with E-state index in [1.54, 1.807) is 17.2 Å². The van der Waals surface area contributed by atoms with E-state index in [0.29, 0.717) is 43.7 Å². The number of piperazine rings is 1. The minimum absolute atomic E-state index is 0.183. The van der Waals surface area contributed by atoms with Gasteiger partial charge in [-0.15, -0.1) is 0 Å². The summed E-state index contributed by atoms with van der Waals surface area (Å²) in [5.74, 6) is 0.913. The van der Waals surface area contributed by atoms with Crippen LogP contribution in [0.15, 0.2) is 42.6 Å². The zero-order valence-electron chi connectivity index (χ0n) is 17.8. The number of morpholine rings is 1. The molecule has 10 heteroatoms. The van der Waals surface area contributed by atoms with Crippen LogP contribution in [0.3, 0.4) is 0 Å². The predicted molar refractivity (Wildman–Crippen MR) is 124 cm³/mol. The molecule has 0 unspecified atom stereocenters. The van der Waals surface area contributed by atoms with Crippen molar-refractivity contribution < 1.29 is 9.53 Å². The van der Waals surface area contributed by atoms with Crippen LogP contribution in [-0.4, -0.2) is 78.4 Å². The Morgan fingerprint density at radius 3 is 2.53 bits per heavy atom. The van der Waals surface area contributed by atoms with Crippen LogP contribution in [0.5, 0.6) is 0 Å². The van der Waals surface area contributed by atoms with E-state index in [2.05, 4.69) is 47.9 Å². The lowest BCUT2D eigenvalue weighted by atomic mass is 10.2. The Bertz CT molecular complexity index is 1080. The van der Waals surface area contributed by atoms with Crippen molar-refractivity contribution in [1.29, 1.82) is 0 Å². The maximum atomic E-state index is 12.4. The number of benzene rings is 1. The van der Waals surface area contributed by atoms with Gasteiger partial charge in [0, 0.05) is 62.2 Å². The van der Waals surface area contributed by atoms with Crippen LogP contribution >= 0.6 is 0 Å². The van der Waals surface area contributed by atoms with Gasteiger partial charge in [0.05, 0.1) is 13.2 Å². The average Bonchev–Trinajstić information content (AvgIpc) is 2.85. The zero-order chi connectivity index (χ0) is 21.8. The van der Waals surface area contributed by atoms with Crippen molar-refractivity contribution in [2.45, 2.75) is 0 Å². The molecular weight excluding hydrogens is 408 g/mol. The van der Waals surface area contributed by atoms with Gasteiger partial charge in [-0.25, -0.2) is 14.8 Å². The third-order valence-corrected chi connectivity index (χ3v) is 5.58. The van der Waals surface area contributed by atoms with Crippen LogP contribution < -0.4 is 20.9 Å². The highest BCUT2D eigenvalue weighted by molar-refractivity contribution is 5.90. The second kappa shape index (κ2) is 9.33. The topological polar surface area (TPSA) is 108 Å². The molecule has 2 saturated heterocycles. The van der Waals surface area contributed by atoms with Crippen molar-refractivity contribution in [2.75, 3.05) is 68.0 Å². The molecule has 1 aromatic carbocycles. The van der Waals surface area contributed by atoms with Gasteiger partial charge in [-0.2, -0.15) is 4.98 Å². The van der Waals surface area contributed by atoms with Gasteiger partial charge in [-0.3, -0.25) is 5.32 Å². The van der Waals surface area contributed by atoms with Crippen molar-refractivity contribution in [2.24, 2.45) is 0 Å². The van der Waals surface area contributed by atoms with E-state index < -0.39 is 0 Å². The predicted octanol–water partition coefficient (Wildman–Crippen LogP) is 2.04. The molecule has 2 fully saturated rings. The SMILES string of the molecule is O=C(Nc1ccc2cnc(Nc3ccc(N4CCNCC4)cc3)nc2n1)N1CCOCC1. The van der Waals surface area contributed by atoms with E-state index in [1.165, 1.54) is 5.69 Å². The normalized spacial score (nSPS) is 16.8. The zero-order valence-corrected chi connectivity index (χ0v) is 17.8. The first kappa shape index (κ1) is 20.4. The molecule has 3 aromatic rings. The summed E-state index contributed by atoms with van der Waals surface area (Å²) in [6.45, 7) is 6.28. The molecule has 2 aliphatic rings. The average molecular weight is 435 g/mol. The molecule has 10 nitrogen and oxygen atoms in total. The van der Waals surface area contributed by atoms with Crippen molar-refractivity contribution in [1.82, 2.24) is 25.2 Å². The standard InChI is InChI=1S/C22H26N8O2/c31-22(30-11-13-32-14-12-30)27-19-6-1-16-15-24-21(28-20(16)26-19)25-17-2-4-18(5-3-17)29-9-7-23-8-10-29/h1-6,15,23H,7-14H2,(H2,24,25,26,27,28,31). The van der Waals surface area contributed by atoms with Crippen molar-refractivity contribution in [3.63, 3.8) is 0 Å². The third-order valence-electron chi connectivity index (χ3n) is 5.58. The Balaban J connectivity index is 1.27. The molecule has 0 atom stereocenters. The lowest BCUT2D eigenvalue weighted by molar-refractivity contribution is 0.0564. The Labute approximate surface area is 186 Å². The highest BCUT2D eigenvalue weighted by atomic mass is 16.5. The maximum absolute atomic E-state index is 12.4. The summed E-state index contributed by atoms with van der Waals surface area (Å²) in [5.41, 5.74) is 2.62. The molecule has 32 heavy (non-hydrogen) atoms. The summed E-state index contributed by atoms with van der Waals surface area (Å²) >= 11 is 0. The largest absolute Gasteiger partial charge is 0.378 e. The Hall–Kier alpha value is -3.50. The fourth-order valence-electron chi connectivity index (χ4n) is 3.80. The van der Waals surface area contributed by atoms with E-state index in [0.717, 1.165) is 37.3 Å². The number of hydrogen-bond donors (Lipinski definition) is 3. The van der Waals surface area contributed by atoms with Gasteiger partial charge in [0.2, 0.25) is 5.95 Å². The summed E-state index contributed by atoms with van der Waals surface area (Å²) in [4.78, 5) is 29.9. The number of ether oxygens (including phenoxy) is 1. The Morgan fingerprint density at radius 1 is 0.969 bits per heavy atom. The molecule has 3 N–H and O–H groups in total. The number of pyridine rings is 1. The quantitative estimate of drug-likeness (QED) is 0.573.